The Balaban J connectivity index is 1.36. The molecule has 2 heterocycles. The Labute approximate surface area is 159 Å². The minimum absolute atomic E-state index is 0.0509. The topological polar surface area (TPSA) is 62.3 Å². The monoisotopic (exact) mass is 361 g/mol. The molecule has 1 aliphatic heterocycles. The van der Waals surface area contributed by atoms with Crippen molar-refractivity contribution in [2.75, 3.05) is 26.2 Å². The number of amides is 1. The number of pyridine rings is 1. The van der Waals surface area contributed by atoms with Crippen LogP contribution in [-0.4, -0.2) is 47.8 Å². The average molecular weight is 361 g/mol. The molecule has 1 aromatic carbocycles. The number of allylic oxidation sites excluding steroid dienone is 1. The van der Waals surface area contributed by atoms with Gasteiger partial charge in [-0.3, -0.25) is 14.6 Å². The van der Waals surface area contributed by atoms with E-state index in [0.717, 1.165) is 18.5 Å². The number of hydrogen-bond donors (Lipinski definition) is 1. The minimum atomic E-state index is -0.167. The zero-order chi connectivity index (χ0) is 18.6. The molecule has 1 fully saturated rings. The molecule has 0 unspecified atom stereocenters. The smallest absolute Gasteiger partial charge is 0.252 e. The summed E-state index contributed by atoms with van der Waals surface area (Å²) < 4.78 is 0. The third kappa shape index (κ3) is 3.83. The number of fused-ring (bicyclic) bond motifs is 1. The molecule has 0 bridgehead atoms. The first-order valence-corrected chi connectivity index (χ1v) is 9.55. The summed E-state index contributed by atoms with van der Waals surface area (Å²) in [4.78, 5) is 31.5. The van der Waals surface area contributed by atoms with Crippen molar-refractivity contribution in [1.82, 2.24) is 15.2 Å². The Hall–Kier alpha value is -2.79. The second kappa shape index (κ2) is 7.84. The molecular weight excluding hydrogens is 338 g/mol. The molecule has 1 aromatic heterocycles. The van der Waals surface area contributed by atoms with Gasteiger partial charge in [-0.1, -0.05) is 30.3 Å². The summed E-state index contributed by atoms with van der Waals surface area (Å²) in [5.41, 5.74) is 3.22. The second-order valence-electron chi connectivity index (χ2n) is 7.08. The number of carbonyl (C=O) groups excluding carboxylic acids is 2. The van der Waals surface area contributed by atoms with E-state index in [4.69, 9.17) is 0 Å². The summed E-state index contributed by atoms with van der Waals surface area (Å²) in [5, 5.41) is 2.93. The molecule has 27 heavy (non-hydrogen) atoms. The summed E-state index contributed by atoms with van der Waals surface area (Å²) in [6.07, 6.45) is 6.90. The molecule has 5 nitrogen and oxygen atoms in total. The maximum Gasteiger partial charge on any atom is 0.252 e. The van der Waals surface area contributed by atoms with Crippen LogP contribution in [0.3, 0.4) is 0 Å². The average Bonchev–Trinajstić information content (AvgIpc) is 3.23. The van der Waals surface area contributed by atoms with Crippen molar-refractivity contribution in [3.05, 3.63) is 65.0 Å². The van der Waals surface area contributed by atoms with E-state index in [0.29, 0.717) is 28.9 Å². The quantitative estimate of drug-likeness (QED) is 0.635. The normalized spacial score (nSPS) is 17.6. The predicted molar refractivity (Wildman–Crippen MR) is 106 cm³/mol. The van der Waals surface area contributed by atoms with E-state index in [9.17, 15) is 9.59 Å². The molecule has 4 rings (SSSR count). The number of benzene rings is 1. The van der Waals surface area contributed by atoms with Crippen molar-refractivity contribution >= 4 is 23.3 Å². The number of aromatic nitrogens is 1. The molecule has 138 valence electrons. The van der Waals surface area contributed by atoms with Gasteiger partial charge in [-0.05, 0) is 56.6 Å². The zero-order valence-corrected chi connectivity index (χ0v) is 15.3. The van der Waals surface area contributed by atoms with Crippen LogP contribution in [0.2, 0.25) is 0 Å². The Morgan fingerprint density at radius 3 is 2.74 bits per heavy atom. The molecule has 0 saturated carbocycles. The highest BCUT2D eigenvalue weighted by molar-refractivity contribution is 6.41. The Morgan fingerprint density at radius 1 is 1.19 bits per heavy atom. The maximum absolute atomic E-state index is 12.4. The van der Waals surface area contributed by atoms with Crippen LogP contribution < -0.4 is 5.32 Å². The largest absolute Gasteiger partial charge is 0.352 e. The molecular formula is C22H23N3O2. The van der Waals surface area contributed by atoms with Crippen LogP contribution in [0, 0.1) is 0 Å². The number of Topliss-reactive ketones (excluding diaryl/α,β-unsaturated/α-hetero) is 1. The van der Waals surface area contributed by atoms with Gasteiger partial charge in [0, 0.05) is 23.9 Å². The molecule has 2 aromatic rings. The van der Waals surface area contributed by atoms with Crippen LogP contribution in [0.4, 0.5) is 0 Å². The van der Waals surface area contributed by atoms with Crippen molar-refractivity contribution < 1.29 is 9.59 Å². The van der Waals surface area contributed by atoms with E-state index in [1.54, 1.807) is 12.3 Å². The van der Waals surface area contributed by atoms with Crippen molar-refractivity contribution in [2.24, 2.45) is 0 Å². The van der Waals surface area contributed by atoms with Crippen LogP contribution in [0.1, 0.15) is 51.2 Å². The SMILES string of the molecule is O=C(NCCCN1CCCC1)c1cnc2c(c1)C(=O)C2=Cc1ccccc1. The molecule has 0 spiro atoms. The van der Waals surface area contributed by atoms with Gasteiger partial charge in [-0.15, -0.1) is 0 Å². The van der Waals surface area contributed by atoms with Gasteiger partial charge in [0.25, 0.3) is 5.91 Å². The fourth-order valence-electron chi connectivity index (χ4n) is 3.63. The van der Waals surface area contributed by atoms with Crippen LogP contribution in [0.25, 0.3) is 11.6 Å². The fourth-order valence-corrected chi connectivity index (χ4v) is 3.63. The zero-order valence-electron chi connectivity index (χ0n) is 15.3. The second-order valence-corrected chi connectivity index (χ2v) is 7.08. The van der Waals surface area contributed by atoms with Gasteiger partial charge >= 0.3 is 0 Å². The molecule has 5 heteroatoms. The number of nitrogens with one attached hydrogen (secondary N) is 1. The number of nitrogens with zero attached hydrogens (tertiary/aromatic N) is 2. The lowest BCUT2D eigenvalue weighted by molar-refractivity contribution is 0.0951. The lowest BCUT2D eigenvalue weighted by Gasteiger charge is -2.20. The van der Waals surface area contributed by atoms with Gasteiger partial charge < -0.3 is 10.2 Å². The number of rotatable bonds is 6. The van der Waals surface area contributed by atoms with E-state index in [1.807, 2.05) is 36.4 Å². The number of hydrogen-bond acceptors (Lipinski definition) is 4. The highest BCUT2D eigenvalue weighted by Gasteiger charge is 2.32. The third-order valence-corrected chi connectivity index (χ3v) is 5.14. The van der Waals surface area contributed by atoms with Crippen LogP contribution >= 0.6 is 0 Å². The number of likely N-dealkylation sites (tertiary alicyclic amines) is 1. The van der Waals surface area contributed by atoms with Gasteiger partial charge in [0.05, 0.1) is 11.3 Å². The van der Waals surface area contributed by atoms with Crippen LogP contribution in [0.5, 0.6) is 0 Å². The molecule has 0 atom stereocenters. The Kier molecular flexibility index (Phi) is 5.12. The van der Waals surface area contributed by atoms with Gasteiger partial charge in [0.2, 0.25) is 0 Å². The Bertz CT molecular complexity index is 884. The van der Waals surface area contributed by atoms with Crippen LogP contribution in [0.15, 0.2) is 42.6 Å². The van der Waals surface area contributed by atoms with Gasteiger partial charge in [0.1, 0.15) is 0 Å². The van der Waals surface area contributed by atoms with E-state index in [-0.39, 0.29) is 11.7 Å². The number of ketones is 1. The van der Waals surface area contributed by atoms with E-state index >= 15 is 0 Å². The highest BCUT2D eigenvalue weighted by atomic mass is 16.1. The molecule has 1 N–H and O–H groups in total. The van der Waals surface area contributed by atoms with Crippen molar-refractivity contribution in [3.8, 4) is 0 Å². The molecule has 1 amide bonds. The van der Waals surface area contributed by atoms with E-state index < -0.39 is 0 Å². The molecule has 2 aliphatic rings. The summed E-state index contributed by atoms with van der Waals surface area (Å²) in [5.74, 6) is -0.218. The minimum Gasteiger partial charge on any atom is -0.352 e. The molecule has 1 aliphatic carbocycles. The first kappa shape index (κ1) is 17.6. The van der Waals surface area contributed by atoms with Crippen molar-refractivity contribution in [2.45, 2.75) is 19.3 Å². The lowest BCUT2D eigenvalue weighted by Crippen LogP contribution is -2.29. The first-order valence-electron chi connectivity index (χ1n) is 9.55. The fraction of sp³-hybridized carbons (Fsp3) is 0.318. The first-order chi connectivity index (χ1) is 13.2. The van der Waals surface area contributed by atoms with E-state index in [1.165, 1.54) is 25.9 Å². The highest BCUT2D eigenvalue weighted by Crippen LogP contribution is 2.34. The van der Waals surface area contributed by atoms with Crippen LogP contribution in [-0.2, 0) is 0 Å². The molecule has 1 saturated heterocycles. The third-order valence-electron chi connectivity index (χ3n) is 5.14. The van der Waals surface area contributed by atoms with Gasteiger partial charge in [-0.25, -0.2) is 0 Å². The summed E-state index contributed by atoms with van der Waals surface area (Å²) in [6.45, 7) is 4.00. The summed E-state index contributed by atoms with van der Waals surface area (Å²) in [6, 6.07) is 11.3. The Morgan fingerprint density at radius 2 is 1.96 bits per heavy atom. The van der Waals surface area contributed by atoms with Crippen molar-refractivity contribution in [1.29, 1.82) is 0 Å². The predicted octanol–water partition coefficient (Wildman–Crippen LogP) is 3.03. The lowest BCUT2D eigenvalue weighted by atomic mass is 9.84. The van der Waals surface area contributed by atoms with Gasteiger partial charge in [0.15, 0.2) is 5.78 Å². The number of carbonyl (C=O) groups is 2. The van der Waals surface area contributed by atoms with E-state index in [2.05, 4.69) is 15.2 Å². The summed E-state index contributed by atoms with van der Waals surface area (Å²) >= 11 is 0. The van der Waals surface area contributed by atoms with Gasteiger partial charge in [-0.2, -0.15) is 0 Å². The maximum atomic E-state index is 12.4. The molecule has 0 radical (unpaired) electrons. The summed E-state index contributed by atoms with van der Waals surface area (Å²) in [7, 11) is 0. The van der Waals surface area contributed by atoms with Crippen molar-refractivity contribution in [3.63, 3.8) is 0 Å². The standard InChI is InChI=1S/C22H23N3O2/c26-21-18(13-16-7-2-1-3-8-16)20-19(21)14-17(15-24-20)22(27)23-9-6-12-25-10-4-5-11-25/h1-3,7-8,13-15H,4-6,9-12H2,(H,23,27).